The minimum atomic E-state index is -0.821. The maximum atomic E-state index is 12.8. The van der Waals surface area contributed by atoms with Crippen LogP contribution in [-0.4, -0.2) is 37.2 Å². The van der Waals surface area contributed by atoms with Crippen LogP contribution in [0.4, 0.5) is 0 Å². The van der Waals surface area contributed by atoms with Crippen LogP contribution in [0.15, 0.2) is 134 Å². The molecule has 6 nitrogen and oxygen atoms in total. The third-order valence-electron chi connectivity index (χ3n) is 9.69. The number of esters is 3. The summed E-state index contributed by atoms with van der Waals surface area (Å²) in [7, 11) is 0. The van der Waals surface area contributed by atoms with Crippen molar-refractivity contribution in [3.8, 4) is 0 Å². The normalized spacial score (nSPS) is 13.3. The first-order valence-corrected chi connectivity index (χ1v) is 24.7. The Kier molecular flexibility index (Phi) is 46.7. The molecule has 0 radical (unpaired) electrons. The number of unbranched alkanes of at least 4 members (excludes halogenated alkanes) is 11. The standard InChI is InChI=1S/C57H88O6/c1-4-7-10-13-16-19-22-25-27-29-32-35-38-41-44-47-50-56(59)62-53-54(52-61-55(58)49-46-43-40-37-34-31-24-21-18-15-12-9-6-3)63-57(60)51-48-45-42-39-36-33-30-28-26-23-20-17-14-11-8-5-2/h7-12,15-21,24-28,32-33,35-36,54H,4-6,13-14,22-23,29-31,34,37-53H2,1-3H3/b10-7-,11-8-,12-9-,18-15-,19-16-,20-17-,24-21-,27-25-,28-26-,35-32-,36-33-. The fraction of sp³-hybridized carbons (Fsp3) is 0.561. The molecule has 0 rings (SSSR count). The molecule has 63 heavy (non-hydrogen) atoms. The summed E-state index contributed by atoms with van der Waals surface area (Å²) < 4.78 is 16.7. The van der Waals surface area contributed by atoms with Gasteiger partial charge in [-0.3, -0.25) is 14.4 Å². The van der Waals surface area contributed by atoms with Gasteiger partial charge in [0.25, 0.3) is 0 Å². The zero-order valence-electron chi connectivity index (χ0n) is 40.0. The van der Waals surface area contributed by atoms with Crippen molar-refractivity contribution in [2.75, 3.05) is 13.2 Å². The van der Waals surface area contributed by atoms with Gasteiger partial charge in [0.2, 0.25) is 0 Å². The summed E-state index contributed by atoms with van der Waals surface area (Å²) in [5, 5.41) is 0. The summed E-state index contributed by atoms with van der Waals surface area (Å²) in [6.07, 6.45) is 70.0. The van der Waals surface area contributed by atoms with Gasteiger partial charge in [0.05, 0.1) is 0 Å². The van der Waals surface area contributed by atoms with Gasteiger partial charge in [-0.05, 0) is 116 Å². The fourth-order valence-electron chi connectivity index (χ4n) is 6.07. The first-order chi connectivity index (χ1) is 31.0. The minimum absolute atomic E-state index is 0.117. The smallest absolute Gasteiger partial charge is 0.306 e. The average Bonchev–Trinajstić information content (AvgIpc) is 3.28. The van der Waals surface area contributed by atoms with E-state index < -0.39 is 6.10 Å². The highest BCUT2D eigenvalue weighted by atomic mass is 16.6. The molecule has 0 saturated carbocycles. The molecule has 0 amide bonds. The lowest BCUT2D eigenvalue weighted by molar-refractivity contribution is -0.167. The second-order valence-electron chi connectivity index (χ2n) is 15.6. The number of rotatable bonds is 42. The Bertz CT molecular complexity index is 1420. The highest BCUT2D eigenvalue weighted by Crippen LogP contribution is 2.12. The highest BCUT2D eigenvalue weighted by molar-refractivity contribution is 5.71. The average molecular weight is 869 g/mol. The minimum Gasteiger partial charge on any atom is -0.462 e. The summed E-state index contributed by atoms with van der Waals surface area (Å²) >= 11 is 0. The summed E-state index contributed by atoms with van der Waals surface area (Å²) in [5.41, 5.74) is 0. The molecule has 0 aromatic rings. The van der Waals surface area contributed by atoms with Gasteiger partial charge in [-0.1, -0.05) is 187 Å². The lowest BCUT2D eigenvalue weighted by atomic mass is 10.1. The molecule has 0 aromatic carbocycles. The molecule has 0 N–H and O–H groups in total. The van der Waals surface area contributed by atoms with E-state index in [2.05, 4.69) is 148 Å². The molecule has 0 spiro atoms. The Morgan fingerprint density at radius 1 is 0.333 bits per heavy atom. The van der Waals surface area contributed by atoms with Crippen molar-refractivity contribution in [1.29, 1.82) is 0 Å². The van der Waals surface area contributed by atoms with Crippen LogP contribution in [0.5, 0.6) is 0 Å². The molecular weight excluding hydrogens is 781 g/mol. The molecular formula is C57H88O6. The summed E-state index contributed by atoms with van der Waals surface area (Å²) in [5.74, 6) is -1.01. The zero-order chi connectivity index (χ0) is 45.8. The van der Waals surface area contributed by atoms with Gasteiger partial charge in [-0.25, -0.2) is 0 Å². The molecule has 0 aliphatic rings. The van der Waals surface area contributed by atoms with Crippen molar-refractivity contribution in [3.05, 3.63) is 134 Å². The zero-order valence-corrected chi connectivity index (χ0v) is 40.0. The van der Waals surface area contributed by atoms with Gasteiger partial charge in [0.1, 0.15) is 13.2 Å². The maximum Gasteiger partial charge on any atom is 0.306 e. The number of carbonyl (C=O) groups excluding carboxylic acids is 3. The topological polar surface area (TPSA) is 78.9 Å². The van der Waals surface area contributed by atoms with E-state index in [4.69, 9.17) is 14.2 Å². The fourth-order valence-corrected chi connectivity index (χ4v) is 6.07. The molecule has 1 unspecified atom stereocenters. The number of ether oxygens (including phenoxy) is 3. The first-order valence-electron chi connectivity index (χ1n) is 24.7. The Morgan fingerprint density at radius 3 is 1.08 bits per heavy atom. The molecule has 0 fully saturated rings. The third kappa shape index (κ3) is 48.4. The predicted octanol–water partition coefficient (Wildman–Crippen LogP) is 16.3. The van der Waals surface area contributed by atoms with Crippen LogP contribution in [0.3, 0.4) is 0 Å². The van der Waals surface area contributed by atoms with Gasteiger partial charge >= 0.3 is 17.9 Å². The van der Waals surface area contributed by atoms with E-state index >= 15 is 0 Å². The van der Waals surface area contributed by atoms with Crippen molar-refractivity contribution in [1.82, 2.24) is 0 Å². The lowest BCUT2D eigenvalue weighted by Gasteiger charge is -2.18. The second kappa shape index (κ2) is 50.2. The van der Waals surface area contributed by atoms with Crippen LogP contribution in [0.2, 0.25) is 0 Å². The Labute approximate surface area is 385 Å². The van der Waals surface area contributed by atoms with E-state index in [9.17, 15) is 14.4 Å². The van der Waals surface area contributed by atoms with Crippen molar-refractivity contribution in [2.24, 2.45) is 0 Å². The summed E-state index contributed by atoms with van der Waals surface area (Å²) in [4.78, 5) is 37.9. The van der Waals surface area contributed by atoms with Crippen LogP contribution in [0.25, 0.3) is 0 Å². The van der Waals surface area contributed by atoms with E-state index in [-0.39, 0.29) is 37.5 Å². The van der Waals surface area contributed by atoms with Crippen LogP contribution >= 0.6 is 0 Å². The first kappa shape index (κ1) is 58.6. The van der Waals surface area contributed by atoms with Crippen molar-refractivity contribution >= 4 is 17.9 Å². The lowest BCUT2D eigenvalue weighted by Crippen LogP contribution is -2.30. The van der Waals surface area contributed by atoms with Crippen LogP contribution < -0.4 is 0 Å². The Morgan fingerprint density at radius 2 is 0.651 bits per heavy atom. The van der Waals surface area contributed by atoms with Crippen LogP contribution in [0, 0.1) is 0 Å². The summed E-state index contributed by atoms with van der Waals surface area (Å²) in [6.45, 7) is 6.17. The molecule has 0 heterocycles. The predicted molar refractivity (Wildman–Crippen MR) is 269 cm³/mol. The number of carbonyl (C=O) groups is 3. The van der Waals surface area contributed by atoms with Crippen molar-refractivity contribution < 1.29 is 28.6 Å². The quantitative estimate of drug-likeness (QED) is 0.0200. The second-order valence-corrected chi connectivity index (χ2v) is 15.6. The van der Waals surface area contributed by atoms with Gasteiger partial charge in [-0.2, -0.15) is 0 Å². The molecule has 1 atom stereocenters. The largest absolute Gasteiger partial charge is 0.462 e. The number of hydrogen-bond acceptors (Lipinski definition) is 6. The van der Waals surface area contributed by atoms with Gasteiger partial charge in [-0.15, -0.1) is 0 Å². The monoisotopic (exact) mass is 869 g/mol. The number of hydrogen-bond donors (Lipinski definition) is 0. The molecule has 0 bridgehead atoms. The van der Waals surface area contributed by atoms with E-state index in [1.54, 1.807) is 0 Å². The molecule has 352 valence electrons. The molecule has 6 heteroatoms. The highest BCUT2D eigenvalue weighted by Gasteiger charge is 2.19. The van der Waals surface area contributed by atoms with E-state index in [0.29, 0.717) is 19.3 Å². The van der Waals surface area contributed by atoms with E-state index in [1.807, 2.05) is 6.08 Å². The molecule has 0 aromatic heterocycles. The molecule has 0 saturated heterocycles. The summed E-state index contributed by atoms with van der Waals surface area (Å²) in [6, 6.07) is 0. The van der Waals surface area contributed by atoms with Crippen molar-refractivity contribution in [3.63, 3.8) is 0 Å². The van der Waals surface area contributed by atoms with Gasteiger partial charge in [0.15, 0.2) is 6.10 Å². The molecule has 0 aliphatic heterocycles. The number of allylic oxidation sites excluding steroid dienone is 22. The SMILES string of the molecule is CC\C=C/C=C\C=C/CCCCCCCC(=O)OCC(COC(=O)CCCCC/C=C\C/C=C\C/C=C\C/C=C\CC)OC(=O)CCCCC/C=C\C/C=C\C/C=C\C/C=C\CC. The van der Waals surface area contributed by atoms with Gasteiger partial charge in [0, 0.05) is 19.3 Å². The van der Waals surface area contributed by atoms with Crippen molar-refractivity contribution in [2.45, 2.75) is 194 Å². The van der Waals surface area contributed by atoms with Crippen LogP contribution in [0.1, 0.15) is 188 Å². The van der Waals surface area contributed by atoms with Gasteiger partial charge < -0.3 is 14.2 Å². The maximum absolute atomic E-state index is 12.8. The molecule has 0 aliphatic carbocycles. The Hall–Kier alpha value is -4.45. The third-order valence-corrected chi connectivity index (χ3v) is 9.69. The van der Waals surface area contributed by atoms with E-state index in [1.165, 1.54) is 0 Å². The van der Waals surface area contributed by atoms with Crippen LogP contribution in [-0.2, 0) is 28.6 Å². The Balaban J connectivity index is 4.56. The van der Waals surface area contributed by atoms with E-state index in [0.717, 1.165) is 141 Å².